The number of nitrogens with one attached hydrogen (secondary N) is 1. The minimum absolute atomic E-state index is 0.0942. The van der Waals surface area contributed by atoms with Gasteiger partial charge in [-0.1, -0.05) is 186 Å². The van der Waals surface area contributed by atoms with Gasteiger partial charge < -0.3 is 15.5 Å². The third-order valence-corrected chi connectivity index (χ3v) is 8.64. The second kappa shape index (κ2) is 43.9. The summed E-state index contributed by atoms with van der Waals surface area (Å²) in [7, 11) is 0. The van der Waals surface area contributed by atoms with E-state index >= 15 is 0 Å². The molecular formula is C50H79NO3. The molecule has 0 radical (unpaired) electrons. The summed E-state index contributed by atoms with van der Waals surface area (Å²) in [5.74, 6) is -0.0942. The summed E-state index contributed by atoms with van der Waals surface area (Å²) in [6.07, 6.45) is 70.2. The molecule has 0 saturated heterocycles. The van der Waals surface area contributed by atoms with Crippen LogP contribution < -0.4 is 5.32 Å². The molecule has 4 nitrogen and oxygen atoms in total. The van der Waals surface area contributed by atoms with Crippen molar-refractivity contribution >= 4 is 5.91 Å². The van der Waals surface area contributed by atoms with Crippen LogP contribution in [0.2, 0.25) is 0 Å². The smallest absolute Gasteiger partial charge is 0.220 e. The number of hydrogen-bond donors (Lipinski definition) is 3. The number of rotatable bonds is 36. The first-order valence-corrected chi connectivity index (χ1v) is 21.4. The molecule has 0 rings (SSSR count). The molecule has 3 N–H and O–H groups in total. The highest BCUT2D eigenvalue weighted by Gasteiger charge is 2.17. The molecule has 1 amide bonds. The van der Waals surface area contributed by atoms with E-state index in [0.717, 1.165) is 109 Å². The maximum absolute atomic E-state index is 12.2. The zero-order valence-corrected chi connectivity index (χ0v) is 34.4. The second-order valence-electron chi connectivity index (χ2n) is 13.7. The first kappa shape index (κ1) is 50.5. The average molecular weight is 742 g/mol. The zero-order chi connectivity index (χ0) is 39.3. The summed E-state index contributed by atoms with van der Waals surface area (Å²) in [4.78, 5) is 12.2. The number of hydrogen-bond acceptors (Lipinski definition) is 3. The molecule has 302 valence electrons. The Kier molecular flexibility index (Phi) is 41.1. The van der Waals surface area contributed by atoms with E-state index in [1.54, 1.807) is 6.08 Å². The van der Waals surface area contributed by atoms with E-state index in [9.17, 15) is 15.0 Å². The fraction of sp³-hybridized carbons (Fsp3) is 0.540. The summed E-state index contributed by atoms with van der Waals surface area (Å²) in [5.41, 5.74) is 0. The third kappa shape index (κ3) is 39.7. The highest BCUT2D eigenvalue weighted by molar-refractivity contribution is 5.76. The van der Waals surface area contributed by atoms with Crippen molar-refractivity contribution in [1.29, 1.82) is 0 Å². The Balaban J connectivity index is 3.66. The number of amides is 1. The minimum Gasteiger partial charge on any atom is -0.394 e. The maximum Gasteiger partial charge on any atom is 0.220 e. The Hall–Kier alpha value is -3.47. The van der Waals surface area contributed by atoms with Crippen molar-refractivity contribution in [2.45, 2.75) is 167 Å². The standard InChI is InChI=1S/C50H79NO3/c1-3-5-7-9-10-11-12-13-14-15-16-17-18-19-20-21-22-23-24-25-26-27-28-29-30-31-32-33-34-35-36-37-38-39-40-42-44-46-50(54)51-48(47-52)49(53)45-43-41-8-6-4-2/h5,7,10-11,13-14,16-17,19-20,22-23,25-26,28-29,31-32,34-35,43,45,48-49,52-53H,3-4,6,8-9,12,15,18,21,24,27,30,33,36-42,44,46-47H2,1-2H3,(H,51,54)/b7-5-,11-10-,14-13-,17-16-,20-19-,23-22-,26-25-,29-28-,32-31-,35-34-,45-43+. The number of aliphatic hydroxyl groups is 2. The summed E-state index contributed by atoms with van der Waals surface area (Å²) in [6, 6.07) is -0.635. The van der Waals surface area contributed by atoms with Gasteiger partial charge in [-0.15, -0.1) is 0 Å². The lowest BCUT2D eigenvalue weighted by Crippen LogP contribution is -2.45. The van der Waals surface area contributed by atoms with Gasteiger partial charge in [-0.3, -0.25) is 4.79 Å². The van der Waals surface area contributed by atoms with Crippen LogP contribution in [-0.4, -0.2) is 34.9 Å². The van der Waals surface area contributed by atoms with Crippen LogP contribution in [0.3, 0.4) is 0 Å². The van der Waals surface area contributed by atoms with Crippen molar-refractivity contribution in [2.24, 2.45) is 0 Å². The topological polar surface area (TPSA) is 69.6 Å². The van der Waals surface area contributed by atoms with Gasteiger partial charge in [-0.05, 0) is 96.3 Å². The van der Waals surface area contributed by atoms with Gasteiger partial charge in [0.05, 0.1) is 18.8 Å². The lowest BCUT2D eigenvalue weighted by molar-refractivity contribution is -0.123. The molecule has 4 heteroatoms. The van der Waals surface area contributed by atoms with Crippen molar-refractivity contribution in [2.75, 3.05) is 6.61 Å². The highest BCUT2D eigenvalue weighted by atomic mass is 16.3. The molecule has 0 aliphatic rings. The summed E-state index contributed by atoms with van der Waals surface area (Å²) >= 11 is 0. The van der Waals surface area contributed by atoms with E-state index in [4.69, 9.17) is 0 Å². The van der Waals surface area contributed by atoms with Crippen molar-refractivity contribution in [1.82, 2.24) is 5.32 Å². The molecule has 0 aromatic heterocycles. The lowest BCUT2D eigenvalue weighted by atomic mass is 10.1. The van der Waals surface area contributed by atoms with Crippen molar-refractivity contribution < 1.29 is 15.0 Å². The number of carbonyl (C=O) groups excluding carboxylic acids is 1. The zero-order valence-electron chi connectivity index (χ0n) is 34.4. The second-order valence-corrected chi connectivity index (χ2v) is 13.7. The van der Waals surface area contributed by atoms with Gasteiger partial charge in [0.25, 0.3) is 0 Å². The van der Waals surface area contributed by atoms with Crippen molar-refractivity contribution in [3.63, 3.8) is 0 Å². The Morgan fingerprint density at radius 2 is 0.815 bits per heavy atom. The van der Waals surface area contributed by atoms with E-state index in [1.807, 2.05) is 6.08 Å². The molecule has 0 aromatic carbocycles. The van der Waals surface area contributed by atoms with E-state index in [1.165, 1.54) is 25.7 Å². The fourth-order valence-electron chi connectivity index (χ4n) is 5.38. The SMILES string of the molecule is CC/C=C\C/C=C\C/C=C\C/C=C\C/C=C\C/C=C\C/C=C\C/C=C\C/C=C\C/C=C\CCCCCCCCC(=O)NC(CO)C(O)/C=C/CCCCC. The van der Waals surface area contributed by atoms with Crippen LogP contribution in [0.5, 0.6) is 0 Å². The molecule has 0 saturated carbocycles. The molecule has 0 aliphatic heterocycles. The van der Waals surface area contributed by atoms with E-state index in [-0.39, 0.29) is 12.5 Å². The van der Waals surface area contributed by atoms with Crippen LogP contribution in [0.4, 0.5) is 0 Å². The van der Waals surface area contributed by atoms with Gasteiger partial charge in [-0.2, -0.15) is 0 Å². The largest absolute Gasteiger partial charge is 0.394 e. The molecule has 54 heavy (non-hydrogen) atoms. The van der Waals surface area contributed by atoms with Gasteiger partial charge in [-0.25, -0.2) is 0 Å². The Morgan fingerprint density at radius 3 is 1.22 bits per heavy atom. The molecule has 0 fully saturated rings. The number of allylic oxidation sites excluding steroid dienone is 21. The maximum atomic E-state index is 12.2. The van der Waals surface area contributed by atoms with Crippen molar-refractivity contribution in [3.8, 4) is 0 Å². The molecular weight excluding hydrogens is 663 g/mol. The van der Waals surface area contributed by atoms with Crippen molar-refractivity contribution in [3.05, 3.63) is 134 Å². The third-order valence-electron chi connectivity index (χ3n) is 8.64. The Morgan fingerprint density at radius 1 is 0.463 bits per heavy atom. The fourth-order valence-corrected chi connectivity index (χ4v) is 5.38. The Labute approximate surface area is 332 Å². The minimum atomic E-state index is -0.850. The van der Waals surface area contributed by atoms with Crippen LogP contribution in [-0.2, 0) is 4.79 Å². The van der Waals surface area contributed by atoms with Crippen LogP contribution in [0.25, 0.3) is 0 Å². The first-order valence-electron chi connectivity index (χ1n) is 21.4. The van der Waals surface area contributed by atoms with Crippen LogP contribution >= 0.6 is 0 Å². The number of unbranched alkanes of at least 4 members (excludes halogenated alkanes) is 9. The average Bonchev–Trinajstić information content (AvgIpc) is 3.18. The predicted molar refractivity (Wildman–Crippen MR) is 238 cm³/mol. The normalized spacial score (nSPS) is 14.4. The van der Waals surface area contributed by atoms with E-state index in [2.05, 4.69) is 141 Å². The molecule has 0 aliphatic carbocycles. The van der Waals surface area contributed by atoms with Gasteiger partial charge in [0.2, 0.25) is 5.91 Å². The lowest BCUT2D eigenvalue weighted by Gasteiger charge is -2.20. The van der Waals surface area contributed by atoms with Crippen LogP contribution in [0.1, 0.15) is 155 Å². The van der Waals surface area contributed by atoms with Gasteiger partial charge in [0, 0.05) is 6.42 Å². The molecule has 0 bridgehead atoms. The predicted octanol–water partition coefficient (Wildman–Crippen LogP) is 13.6. The molecule has 0 heterocycles. The van der Waals surface area contributed by atoms with E-state index < -0.39 is 12.1 Å². The van der Waals surface area contributed by atoms with Gasteiger partial charge in [0.15, 0.2) is 0 Å². The monoisotopic (exact) mass is 742 g/mol. The highest BCUT2D eigenvalue weighted by Crippen LogP contribution is 2.10. The summed E-state index contributed by atoms with van der Waals surface area (Å²) in [6.45, 7) is 4.06. The number of aliphatic hydroxyl groups excluding tert-OH is 2. The molecule has 2 atom stereocenters. The summed E-state index contributed by atoms with van der Waals surface area (Å²) < 4.78 is 0. The van der Waals surface area contributed by atoms with Gasteiger partial charge in [0.1, 0.15) is 0 Å². The van der Waals surface area contributed by atoms with E-state index in [0.29, 0.717) is 6.42 Å². The van der Waals surface area contributed by atoms with Gasteiger partial charge >= 0.3 is 0 Å². The van der Waals surface area contributed by atoms with Crippen LogP contribution in [0.15, 0.2) is 134 Å². The summed E-state index contributed by atoms with van der Waals surface area (Å²) in [5, 5.41) is 22.6. The quantitative estimate of drug-likeness (QED) is 0.0442. The number of carbonyl (C=O) groups is 1. The molecule has 0 aromatic rings. The Bertz CT molecular complexity index is 1160. The van der Waals surface area contributed by atoms with Crippen LogP contribution in [0, 0.1) is 0 Å². The molecule has 0 spiro atoms. The molecule has 2 unspecified atom stereocenters. The first-order chi connectivity index (χ1) is 26.7.